The van der Waals surface area contributed by atoms with Gasteiger partial charge in [0.15, 0.2) is 5.96 Å². The van der Waals surface area contributed by atoms with Crippen molar-refractivity contribution in [2.24, 2.45) is 4.99 Å². The molecule has 4 rings (SSSR count). The van der Waals surface area contributed by atoms with Crippen LogP contribution in [-0.4, -0.2) is 48.2 Å². The third-order valence-corrected chi connectivity index (χ3v) is 5.05. The average Bonchev–Trinajstić information content (AvgIpc) is 3.35. The summed E-state index contributed by atoms with van der Waals surface area (Å²) in [4.78, 5) is 11.2. The molecule has 0 spiro atoms. The second-order valence-electron chi connectivity index (χ2n) is 6.84. The summed E-state index contributed by atoms with van der Waals surface area (Å²) in [5, 5.41) is 6.98. The summed E-state index contributed by atoms with van der Waals surface area (Å²) >= 11 is 0. The number of aromatic nitrogens is 2. The van der Waals surface area contributed by atoms with Gasteiger partial charge in [-0.1, -0.05) is 30.3 Å². The van der Waals surface area contributed by atoms with Gasteiger partial charge in [-0.2, -0.15) is 0 Å². The predicted molar refractivity (Wildman–Crippen MR) is 111 cm³/mol. The van der Waals surface area contributed by atoms with Crippen LogP contribution >= 0.6 is 0 Å². The third-order valence-electron chi connectivity index (χ3n) is 5.05. The summed E-state index contributed by atoms with van der Waals surface area (Å²) in [6, 6.07) is 19.2. The largest absolute Gasteiger partial charge is 0.369 e. The smallest absolute Gasteiger partial charge is 0.191 e. The fourth-order valence-corrected chi connectivity index (χ4v) is 3.62. The number of fused-ring (bicyclic) bond motifs is 1. The molecule has 1 fully saturated rings. The number of hydrogen-bond acceptors (Lipinski definition) is 3. The van der Waals surface area contributed by atoms with Crippen LogP contribution in [0, 0.1) is 0 Å². The highest BCUT2D eigenvalue weighted by molar-refractivity contribution is 5.80. The van der Waals surface area contributed by atoms with Gasteiger partial charge < -0.3 is 20.1 Å². The molecule has 0 radical (unpaired) electrons. The van der Waals surface area contributed by atoms with E-state index in [0.29, 0.717) is 6.04 Å². The summed E-state index contributed by atoms with van der Waals surface area (Å²) in [7, 11) is 1.83. The van der Waals surface area contributed by atoms with Crippen molar-refractivity contribution in [1.29, 1.82) is 0 Å². The molecule has 1 aliphatic heterocycles. The maximum absolute atomic E-state index is 4.44. The summed E-state index contributed by atoms with van der Waals surface area (Å²) in [6.45, 7) is 3.72. The normalized spacial score (nSPS) is 17.4. The van der Waals surface area contributed by atoms with Crippen molar-refractivity contribution in [3.05, 3.63) is 60.9 Å². The Morgan fingerprint density at radius 1 is 1.15 bits per heavy atom. The van der Waals surface area contributed by atoms with E-state index < -0.39 is 0 Å². The molecular weight excluding hydrogens is 336 g/mol. The maximum Gasteiger partial charge on any atom is 0.191 e. The zero-order chi connectivity index (χ0) is 18.5. The van der Waals surface area contributed by atoms with Gasteiger partial charge in [-0.3, -0.25) is 4.99 Å². The Kier molecular flexibility index (Phi) is 5.23. The number of para-hydroxylation sites is 3. The number of nitrogens with zero attached hydrogens (tertiary/aromatic N) is 4. The van der Waals surface area contributed by atoms with Gasteiger partial charge in [-0.05, 0) is 30.7 Å². The lowest BCUT2D eigenvalue weighted by atomic mass is 10.3. The lowest BCUT2D eigenvalue weighted by Crippen LogP contribution is -2.45. The molecule has 2 N–H and O–H groups in total. The minimum absolute atomic E-state index is 0.408. The van der Waals surface area contributed by atoms with Crippen LogP contribution in [0.3, 0.4) is 0 Å². The molecule has 3 aromatic rings. The number of hydrogen-bond donors (Lipinski definition) is 2. The quantitative estimate of drug-likeness (QED) is 0.541. The van der Waals surface area contributed by atoms with Crippen LogP contribution in [0.15, 0.2) is 65.9 Å². The Balaban J connectivity index is 1.28. The molecule has 2 aromatic carbocycles. The molecule has 0 bridgehead atoms. The van der Waals surface area contributed by atoms with Gasteiger partial charge in [0, 0.05) is 45.0 Å². The third kappa shape index (κ3) is 4.05. The Labute approximate surface area is 159 Å². The summed E-state index contributed by atoms with van der Waals surface area (Å²) in [6.07, 6.45) is 3.01. The summed E-state index contributed by atoms with van der Waals surface area (Å²) in [5.41, 5.74) is 3.49. The van der Waals surface area contributed by atoms with E-state index in [1.54, 1.807) is 0 Å². The predicted octanol–water partition coefficient (Wildman–Crippen LogP) is 2.48. The zero-order valence-electron chi connectivity index (χ0n) is 15.7. The van der Waals surface area contributed by atoms with Crippen molar-refractivity contribution in [3.8, 4) is 0 Å². The second-order valence-corrected chi connectivity index (χ2v) is 6.84. The monoisotopic (exact) mass is 362 g/mol. The molecule has 1 aromatic heterocycles. The summed E-state index contributed by atoms with van der Waals surface area (Å²) < 4.78 is 2.17. The molecular formula is C21H26N6. The van der Waals surface area contributed by atoms with Crippen molar-refractivity contribution in [2.75, 3.05) is 31.6 Å². The Morgan fingerprint density at radius 2 is 1.96 bits per heavy atom. The van der Waals surface area contributed by atoms with Crippen LogP contribution in [0.1, 0.15) is 6.42 Å². The van der Waals surface area contributed by atoms with E-state index in [-0.39, 0.29) is 0 Å². The van der Waals surface area contributed by atoms with Gasteiger partial charge in [0.05, 0.1) is 17.4 Å². The summed E-state index contributed by atoms with van der Waals surface area (Å²) in [5.74, 6) is 0.860. The lowest BCUT2D eigenvalue weighted by molar-refractivity contribution is 0.630. The van der Waals surface area contributed by atoms with Crippen LogP contribution in [0.2, 0.25) is 0 Å². The molecule has 0 amide bonds. The SMILES string of the molecule is CN=C(NCCn1cnc2ccccc21)NC1CCN(c2ccccc2)C1. The second kappa shape index (κ2) is 8.12. The molecule has 1 atom stereocenters. The van der Waals surface area contributed by atoms with Crippen LogP contribution < -0.4 is 15.5 Å². The van der Waals surface area contributed by atoms with Crippen molar-refractivity contribution in [3.63, 3.8) is 0 Å². The fraction of sp³-hybridized carbons (Fsp3) is 0.333. The highest BCUT2D eigenvalue weighted by Gasteiger charge is 2.23. The lowest BCUT2D eigenvalue weighted by Gasteiger charge is -2.20. The topological polar surface area (TPSA) is 57.5 Å². The first kappa shape index (κ1) is 17.4. The molecule has 6 nitrogen and oxygen atoms in total. The zero-order valence-corrected chi connectivity index (χ0v) is 15.7. The molecule has 0 aliphatic carbocycles. The standard InChI is InChI=1S/C21H26N6/c1-22-21(23-12-14-27-16-24-19-9-5-6-10-20(19)27)25-17-11-13-26(15-17)18-7-3-2-4-8-18/h2-10,16-17H,11-15H2,1H3,(H2,22,23,25). The minimum atomic E-state index is 0.408. The van der Waals surface area contributed by atoms with E-state index in [0.717, 1.165) is 49.6 Å². The van der Waals surface area contributed by atoms with E-state index in [2.05, 4.69) is 66.5 Å². The number of imidazole rings is 1. The highest BCUT2D eigenvalue weighted by atomic mass is 15.2. The Bertz CT molecular complexity index is 901. The van der Waals surface area contributed by atoms with E-state index >= 15 is 0 Å². The molecule has 140 valence electrons. The Morgan fingerprint density at radius 3 is 2.81 bits per heavy atom. The van der Waals surface area contributed by atoms with Crippen molar-refractivity contribution < 1.29 is 0 Å². The molecule has 1 saturated heterocycles. The van der Waals surface area contributed by atoms with Crippen LogP contribution in [-0.2, 0) is 6.54 Å². The molecule has 1 unspecified atom stereocenters. The van der Waals surface area contributed by atoms with Gasteiger partial charge in [0.2, 0.25) is 0 Å². The van der Waals surface area contributed by atoms with Crippen molar-refractivity contribution >= 4 is 22.7 Å². The van der Waals surface area contributed by atoms with Crippen molar-refractivity contribution in [2.45, 2.75) is 19.0 Å². The highest BCUT2D eigenvalue weighted by Crippen LogP contribution is 2.19. The molecule has 6 heteroatoms. The average molecular weight is 362 g/mol. The van der Waals surface area contributed by atoms with E-state index in [1.807, 2.05) is 31.6 Å². The maximum atomic E-state index is 4.44. The number of guanidine groups is 1. The Hall–Kier alpha value is -3.02. The van der Waals surface area contributed by atoms with Gasteiger partial charge in [0.1, 0.15) is 0 Å². The van der Waals surface area contributed by atoms with Crippen LogP contribution in [0.25, 0.3) is 11.0 Å². The van der Waals surface area contributed by atoms with Gasteiger partial charge >= 0.3 is 0 Å². The molecule has 27 heavy (non-hydrogen) atoms. The number of benzene rings is 2. The van der Waals surface area contributed by atoms with E-state index in [1.165, 1.54) is 5.69 Å². The van der Waals surface area contributed by atoms with Gasteiger partial charge in [-0.15, -0.1) is 0 Å². The van der Waals surface area contributed by atoms with E-state index in [9.17, 15) is 0 Å². The number of nitrogens with one attached hydrogen (secondary N) is 2. The molecule has 0 saturated carbocycles. The van der Waals surface area contributed by atoms with Crippen LogP contribution in [0.4, 0.5) is 5.69 Å². The molecule has 1 aliphatic rings. The number of rotatable bonds is 5. The first-order valence-corrected chi connectivity index (χ1v) is 9.50. The molecule has 2 heterocycles. The van der Waals surface area contributed by atoms with Gasteiger partial charge in [0.25, 0.3) is 0 Å². The first-order valence-electron chi connectivity index (χ1n) is 9.50. The van der Waals surface area contributed by atoms with E-state index in [4.69, 9.17) is 0 Å². The minimum Gasteiger partial charge on any atom is -0.369 e. The number of aliphatic imine (C=N–C) groups is 1. The fourth-order valence-electron chi connectivity index (χ4n) is 3.62. The van der Waals surface area contributed by atoms with Crippen molar-refractivity contribution in [1.82, 2.24) is 20.2 Å². The number of anilines is 1. The van der Waals surface area contributed by atoms with Crippen LogP contribution in [0.5, 0.6) is 0 Å². The first-order chi connectivity index (χ1) is 13.3. The van der Waals surface area contributed by atoms with Gasteiger partial charge in [-0.25, -0.2) is 4.98 Å².